The van der Waals surface area contributed by atoms with Crippen molar-refractivity contribution in [2.45, 2.75) is 46.7 Å². The number of nitrogens with zero attached hydrogens (tertiary/aromatic N) is 1. The predicted octanol–water partition coefficient (Wildman–Crippen LogP) is 4.35. The number of nitrogens with one attached hydrogen (secondary N) is 2. The van der Waals surface area contributed by atoms with Gasteiger partial charge in [-0.25, -0.2) is 4.79 Å². The van der Waals surface area contributed by atoms with Gasteiger partial charge in [-0.2, -0.15) is 0 Å². The van der Waals surface area contributed by atoms with E-state index in [-0.39, 0.29) is 12.1 Å². The van der Waals surface area contributed by atoms with Crippen LogP contribution in [0.15, 0.2) is 30.3 Å². The molecule has 1 unspecified atom stereocenters. The van der Waals surface area contributed by atoms with E-state index in [2.05, 4.69) is 35.1 Å². The number of rotatable bonds is 5. The van der Waals surface area contributed by atoms with E-state index in [4.69, 9.17) is 11.6 Å². The molecule has 0 bridgehead atoms. The standard InChI is InChI=1S/C18H24ClN3O/c1-5-12(2)21-18(23)20-11-15-9-13(3)22(14(15)4)17-8-6-7-16(19)10-17/h6-10,12H,5,11H2,1-4H3,(H2,20,21,23). The number of carbonyl (C=O) groups is 1. The molecule has 2 aromatic rings. The molecule has 0 aliphatic heterocycles. The van der Waals surface area contributed by atoms with Gasteiger partial charge in [-0.15, -0.1) is 0 Å². The van der Waals surface area contributed by atoms with Crippen molar-refractivity contribution in [2.75, 3.05) is 0 Å². The minimum Gasteiger partial charge on any atom is -0.336 e. The van der Waals surface area contributed by atoms with Gasteiger partial charge in [0.05, 0.1) is 0 Å². The van der Waals surface area contributed by atoms with Crippen molar-refractivity contribution in [3.63, 3.8) is 0 Å². The smallest absolute Gasteiger partial charge is 0.315 e. The quantitative estimate of drug-likeness (QED) is 0.839. The van der Waals surface area contributed by atoms with Crippen molar-refractivity contribution < 1.29 is 4.79 Å². The van der Waals surface area contributed by atoms with Gasteiger partial charge in [0.2, 0.25) is 0 Å². The molecule has 2 N–H and O–H groups in total. The highest BCUT2D eigenvalue weighted by Gasteiger charge is 2.12. The van der Waals surface area contributed by atoms with E-state index < -0.39 is 0 Å². The third kappa shape index (κ3) is 4.29. The van der Waals surface area contributed by atoms with Crippen LogP contribution in [-0.2, 0) is 6.54 Å². The topological polar surface area (TPSA) is 46.1 Å². The summed E-state index contributed by atoms with van der Waals surface area (Å²) in [5.74, 6) is 0. The Balaban J connectivity index is 2.13. The number of aromatic nitrogens is 1. The maximum atomic E-state index is 11.9. The molecule has 0 spiro atoms. The first kappa shape index (κ1) is 17.4. The Morgan fingerprint density at radius 1 is 1.30 bits per heavy atom. The minimum absolute atomic E-state index is 0.132. The van der Waals surface area contributed by atoms with Gasteiger partial charge < -0.3 is 15.2 Å². The van der Waals surface area contributed by atoms with Crippen LogP contribution in [0.2, 0.25) is 5.02 Å². The zero-order valence-corrected chi connectivity index (χ0v) is 14.9. The highest BCUT2D eigenvalue weighted by Crippen LogP contribution is 2.22. The molecule has 124 valence electrons. The zero-order valence-electron chi connectivity index (χ0n) is 14.1. The molecule has 0 aliphatic carbocycles. The second kappa shape index (κ2) is 7.55. The van der Waals surface area contributed by atoms with E-state index in [0.717, 1.165) is 29.1 Å². The lowest BCUT2D eigenvalue weighted by Crippen LogP contribution is -2.40. The summed E-state index contributed by atoms with van der Waals surface area (Å²) in [5.41, 5.74) is 4.35. The Hall–Kier alpha value is -1.94. The lowest BCUT2D eigenvalue weighted by Gasteiger charge is -2.13. The Morgan fingerprint density at radius 2 is 2.04 bits per heavy atom. The molecule has 0 saturated heterocycles. The van der Waals surface area contributed by atoms with Crippen LogP contribution < -0.4 is 10.6 Å². The number of aryl methyl sites for hydroxylation is 1. The third-order valence-corrected chi connectivity index (χ3v) is 4.27. The number of halogens is 1. The van der Waals surface area contributed by atoms with E-state index in [1.54, 1.807) is 0 Å². The van der Waals surface area contributed by atoms with Crippen LogP contribution in [0.1, 0.15) is 37.2 Å². The van der Waals surface area contributed by atoms with Crippen molar-refractivity contribution in [3.05, 3.63) is 52.3 Å². The molecule has 1 aromatic heterocycles. The average molecular weight is 334 g/mol. The number of benzene rings is 1. The van der Waals surface area contributed by atoms with Gasteiger partial charge in [0.15, 0.2) is 0 Å². The van der Waals surface area contributed by atoms with Gasteiger partial charge in [0.25, 0.3) is 0 Å². The highest BCUT2D eigenvalue weighted by molar-refractivity contribution is 6.30. The van der Waals surface area contributed by atoms with Gasteiger partial charge in [0.1, 0.15) is 0 Å². The summed E-state index contributed by atoms with van der Waals surface area (Å²) in [5, 5.41) is 6.54. The van der Waals surface area contributed by atoms with Gasteiger partial charge in [-0.1, -0.05) is 24.6 Å². The molecule has 2 rings (SSSR count). The Bertz CT molecular complexity index is 694. The number of amides is 2. The van der Waals surface area contributed by atoms with Crippen molar-refractivity contribution in [2.24, 2.45) is 0 Å². The summed E-state index contributed by atoms with van der Waals surface area (Å²) >= 11 is 6.09. The van der Waals surface area contributed by atoms with Gasteiger partial charge in [-0.05, 0) is 57.0 Å². The van der Waals surface area contributed by atoms with Crippen LogP contribution in [-0.4, -0.2) is 16.6 Å². The van der Waals surface area contributed by atoms with E-state index in [9.17, 15) is 4.79 Å². The van der Waals surface area contributed by atoms with Crippen molar-refractivity contribution in [1.29, 1.82) is 0 Å². The van der Waals surface area contributed by atoms with Crippen LogP contribution in [0.4, 0.5) is 4.79 Å². The van der Waals surface area contributed by atoms with E-state index >= 15 is 0 Å². The zero-order chi connectivity index (χ0) is 17.0. The lowest BCUT2D eigenvalue weighted by atomic mass is 10.2. The SMILES string of the molecule is CCC(C)NC(=O)NCc1cc(C)n(-c2cccc(Cl)c2)c1C. The molecule has 5 heteroatoms. The van der Waals surface area contributed by atoms with Crippen LogP contribution in [0.5, 0.6) is 0 Å². The fourth-order valence-corrected chi connectivity index (χ4v) is 2.76. The summed E-state index contributed by atoms with van der Waals surface area (Å²) in [6, 6.07) is 9.91. The van der Waals surface area contributed by atoms with Gasteiger partial charge in [0, 0.05) is 34.7 Å². The highest BCUT2D eigenvalue weighted by atomic mass is 35.5. The second-order valence-electron chi connectivity index (χ2n) is 5.85. The molecule has 0 fully saturated rings. The number of carbonyl (C=O) groups excluding carboxylic acids is 1. The number of hydrogen-bond donors (Lipinski definition) is 2. The summed E-state index contributed by atoms with van der Waals surface area (Å²) in [4.78, 5) is 11.9. The van der Waals surface area contributed by atoms with E-state index in [1.807, 2.05) is 38.1 Å². The molecule has 2 amide bonds. The summed E-state index contributed by atoms with van der Waals surface area (Å²) in [6.07, 6.45) is 0.913. The molecule has 1 heterocycles. The van der Waals surface area contributed by atoms with Gasteiger partial charge in [-0.3, -0.25) is 0 Å². The first-order valence-electron chi connectivity index (χ1n) is 7.90. The second-order valence-corrected chi connectivity index (χ2v) is 6.28. The van der Waals surface area contributed by atoms with Crippen LogP contribution >= 0.6 is 11.6 Å². The molecular weight excluding hydrogens is 310 g/mol. The normalized spacial score (nSPS) is 12.0. The molecule has 0 saturated carbocycles. The minimum atomic E-state index is -0.132. The summed E-state index contributed by atoms with van der Waals surface area (Å²) < 4.78 is 2.15. The maximum absolute atomic E-state index is 11.9. The molecule has 0 radical (unpaired) electrons. The van der Waals surface area contributed by atoms with Gasteiger partial charge >= 0.3 is 6.03 Å². The molecule has 1 aromatic carbocycles. The molecule has 0 aliphatic rings. The maximum Gasteiger partial charge on any atom is 0.315 e. The molecule has 4 nitrogen and oxygen atoms in total. The largest absolute Gasteiger partial charge is 0.336 e. The van der Waals surface area contributed by atoms with E-state index in [0.29, 0.717) is 11.6 Å². The van der Waals surface area contributed by atoms with Crippen LogP contribution in [0.25, 0.3) is 5.69 Å². The van der Waals surface area contributed by atoms with Crippen LogP contribution in [0.3, 0.4) is 0 Å². The Labute approximate surface area is 142 Å². The predicted molar refractivity (Wildman–Crippen MR) is 95.4 cm³/mol. The number of urea groups is 1. The summed E-state index contributed by atoms with van der Waals surface area (Å²) in [6.45, 7) is 8.64. The average Bonchev–Trinajstić information content (AvgIpc) is 2.79. The fraction of sp³-hybridized carbons (Fsp3) is 0.389. The lowest BCUT2D eigenvalue weighted by molar-refractivity contribution is 0.237. The van der Waals surface area contributed by atoms with Crippen molar-refractivity contribution in [1.82, 2.24) is 15.2 Å². The fourth-order valence-electron chi connectivity index (χ4n) is 2.57. The Morgan fingerprint density at radius 3 is 2.70 bits per heavy atom. The number of hydrogen-bond acceptors (Lipinski definition) is 1. The van der Waals surface area contributed by atoms with Crippen LogP contribution in [0, 0.1) is 13.8 Å². The first-order chi connectivity index (χ1) is 10.9. The van der Waals surface area contributed by atoms with Crippen molar-refractivity contribution >= 4 is 17.6 Å². The molecular formula is C18H24ClN3O. The monoisotopic (exact) mass is 333 g/mol. The molecule has 23 heavy (non-hydrogen) atoms. The van der Waals surface area contributed by atoms with E-state index in [1.165, 1.54) is 0 Å². The summed E-state index contributed by atoms with van der Waals surface area (Å²) in [7, 11) is 0. The first-order valence-corrected chi connectivity index (χ1v) is 8.28. The van der Waals surface area contributed by atoms with Crippen molar-refractivity contribution in [3.8, 4) is 5.69 Å². The Kier molecular flexibility index (Phi) is 5.72. The molecule has 1 atom stereocenters. The third-order valence-electron chi connectivity index (χ3n) is 4.03.